The Morgan fingerprint density at radius 2 is 2.10 bits per heavy atom. The second kappa shape index (κ2) is 5.37. The van der Waals surface area contributed by atoms with Gasteiger partial charge in [-0.1, -0.05) is 24.3 Å². The van der Waals surface area contributed by atoms with Crippen molar-refractivity contribution in [1.82, 2.24) is 10.3 Å². The zero-order valence-electron chi connectivity index (χ0n) is 11.8. The lowest BCUT2D eigenvalue weighted by atomic mass is 10.1. The van der Waals surface area contributed by atoms with E-state index in [1.54, 1.807) is 11.3 Å². The third kappa shape index (κ3) is 2.90. The number of hydrogen-bond acceptors (Lipinski definition) is 3. The molecule has 1 N–H and O–H groups in total. The molecule has 1 aromatic heterocycles. The molecule has 0 bridgehead atoms. The van der Waals surface area contributed by atoms with Crippen molar-refractivity contribution in [1.29, 1.82) is 0 Å². The van der Waals surface area contributed by atoms with Gasteiger partial charge in [0.05, 0.1) is 12.1 Å². The number of rotatable bonds is 4. The molecule has 2 aromatic rings. The number of nitrogens with one attached hydrogen (secondary N) is 1. The Bertz CT molecular complexity index is 644. The molecule has 1 aromatic carbocycles. The van der Waals surface area contributed by atoms with Crippen molar-refractivity contribution in [3.05, 3.63) is 40.4 Å². The molecule has 104 valence electrons. The molecular weight excluding hydrogens is 268 g/mol. The van der Waals surface area contributed by atoms with Crippen LogP contribution in [0, 0.1) is 13.8 Å². The zero-order chi connectivity index (χ0) is 14.1. The smallest absolute Gasteiger partial charge is 0.225 e. The molecule has 0 atom stereocenters. The van der Waals surface area contributed by atoms with Crippen molar-refractivity contribution in [3.8, 4) is 10.6 Å². The summed E-state index contributed by atoms with van der Waals surface area (Å²) in [6, 6.07) is 8.65. The van der Waals surface area contributed by atoms with Gasteiger partial charge in [0, 0.05) is 16.5 Å². The van der Waals surface area contributed by atoms with Gasteiger partial charge in [-0.3, -0.25) is 4.79 Å². The number of aryl methyl sites for hydroxylation is 2. The summed E-state index contributed by atoms with van der Waals surface area (Å²) in [6.07, 6.45) is 2.70. The Morgan fingerprint density at radius 1 is 1.35 bits per heavy atom. The molecule has 3 rings (SSSR count). The number of thiazole rings is 1. The molecule has 3 nitrogen and oxygen atoms in total. The van der Waals surface area contributed by atoms with Crippen molar-refractivity contribution in [2.24, 2.45) is 0 Å². The Morgan fingerprint density at radius 3 is 2.80 bits per heavy atom. The van der Waals surface area contributed by atoms with E-state index >= 15 is 0 Å². The minimum absolute atomic E-state index is 0.121. The van der Waals surface area contributed by atoms with Crippen LogP contribution < -0.4 is 5.32 Å². The number of benzene rings is 1. The third-order valence-corrected chi connectivity index (χ3v) is 4.72. The molecule has 1 amide bonds. The molecular formula is C16H18N2OS. The number of carbonyl (C=O) groups is 1. The van der Waals surface area contributed by atoms with Crippen LogP contribution in [0.15, 0.2) is 24.3 Å². The van der Waals surface area contributed by atoms with Crippen molar-refractivity contribution >= 4 is 17.2 Å². The first-order valence-electron chi connectivity index (χ1n) is 6.95. The van der Waals surface area contributed by atoms with E-state index < -0.39 is 0 Å². The van der Waals surface area contributed by atoms with Gasteiger partial charge in [0.2, 0.25) is 5.91 Å². The van der Waals surface area contributed by atoms with E-state index in [-0.39, 0.29) is 5.91 Å². The van der Waals surface area contributed by atoms with Crippen LogP contribution in [0.25, 0.3) is 10.6 Å². The molecule has 0 radical (unpaired) electrons. The minimum atomic E-state index is 0.121. The van der Waals surface area contributed by atoms with E-state index in [1.807, 2.05) is 19.1 Å². The van der Waals surface area contributed by atoms with Gasteiger partial charge in [-0.15, -0.1) is 11.3 Å². The maximum atomic E-state index is 11.9. The van der Waals surface area contributed by atoms with E-state index in [9.17, 15) is 4.79 Å². The first-order valence-corrected chi connectivity index (χ1v) is 7.77. The lowest BCUT2D eigenvalue weighted by Gasteiger charge is -2.01. The van der Waals surface area contributed by atoms with E-state index in [1.165, 1.54) is 5.56 Å². The predicted octanol–water partition coefficient (Wildman–Crippen LogP) is 3.25. The molecule has 0 spiro atoms. The molecule has 20 heavy (non-hydrogen) atoms. The fraction of sp³-hybridized carbons (Fsp3) is 0.375. The quantitative estimate of drug-likeness (QED) is 0.937. The molecule has 0 aliphatic heterocycles. The normalized spacial score (nSPS) is 14.3. The first-order chi connectivity index (χ1) is 9.63. The Labute approximate surface area is 123 Å². The molecule has 1 aliphatic rings. The molecule has 0 unspecified atom stereocenters. The first kappa shape index (κ1) is 13.3. The Kier molecular flexibility index (Phi) is 3.57. The van der Waals surface area contributed by atoms with E-state index in [0.717, 1.165) is 34.0 Å². The lowest BCUT2D eigenvalue weighted by molar-refractivity contribution is -0.120. The van der Waals surface area contributed by atoms with Crippen LogP contribution in [0.5, 0.6) is 0 Å². The summed E-state index contributed by atoms with van der Waals surface area (Å²) in [5.74, 6) is 0.121. The van der Waals surface area contributed by atoms with Crippen LogP contribution in [0.1, 0.15) is 29.0 Å². The van der Waals surface area contributed by atoms with E-state index in [0.29, 0.717) is 12.5 Å². The fourth-order valence-corrected chi connectivity index (χ4v) is 3.32. The van der Waals surface area contributed by atoms with Crippen molar-refractivity contribution in [2.75, 3.05) is 0 Å². The van der Waals surface area contributed by atoms with Crippen LogP contribution >= 0.6 is 11.3 Å². The summed E-state index contributed by atoms with van der Waals surface area (Å²) < 4.78 is 0. The molecule has 4 heteroatoms. The summed E-state index contributed by atoms with van der Waals surface area (Å²) in [5.41, 5.74) is 3.35. The summed E-state index contributed by atoms with van der Waals surface area (Å²) in [4.78, 5) is 17.6. The monoisotopic (exact) mass is 286 g/mol. The lowest BCUT2D eigenvalue weighted by Crippen LogP contribution is -2.26. The van der Waals surface area contributed by atoms with Gasteiger partial charge in [-0.2, -0.15) is 0 Å². The molecule has 1 fully saturated rings. The van der Waals surface area contributed by atoms with Crippen molar-refractivity contribution in [3.63, 3.8) is 0 Å². The SMILES string of the molecule is Cc1ccccc1-c1nc(C)c(CC(=O)NC2CC2)s1. The average molecular weight is 286 g/mol. The van der Waals surface area contributed by atoms with Gasteiger partial charge in [0.25, 0.3) is 0 Å². The standard InChI is InChI=1S/C16H18N2OS/c1-10-5-3-4-6-13(10)16-17-11(2)14(20-16)9-15(19)18-12-7-8-12/h3-6,12H,7-9H2,1-2H3,(H,18,19). The number of hydrogen-bond donors (Lipinski definition) is 1. The topological polar surface area (TPSA) is 42.0 Å². The summed E-state index contributed by atoms with van der Waals surface area (Å²) >= 11 is 1.63. The van der Waals surface area contributed by atoms with E-state index in [2.05, 4.69) is 29.4 Å². The van der Waals surface area contributed by atoms with Gasteiger partial charge in [-0.25, -0.2) is 4.98 Å². The van der Waals surface area contributed by atoms with Crippen molar-refractivity contribution in [2.45, 2.75) is 39.2 Å². The van der Waals surface area contributed by atoms with Gasteiger partial charge >= 0.3 is 0 Å². The Balaban J connectivity index is 1.80. The van der Waals surface area contributed by atoms with Gasteiger partial charge < -0.3 is 5.32 Å². The van der Waals surface area contributed by atoms with E-state index in [4.69, 9.17) is 0 Å². The maximum absolute atomic E-state index is 11.9. The van der Waals surface area contributed by atoms with Gasteiger partial charge in [-0.05, 0) is 32.3 Å². The molecule has 1 saturated carbocycles. The highest BCUT2D eigenvalue weighted by Crippen LogP contribution is 2.30. The summed E-state index contributed by atoms with van der Waals surface area (Å²) in [7, 11) is 0. The highest BCUT2D eigenvalue weighted by molar-refractivity contribution is 7.15. The summed E-state index contributed by atoms with van der Waals surface area (Å²) in [6.45, 7) is 4.07. The van der Waals surface area contributed by atoms with Crippen LogP contribution in [-0.2, 0) is 11.2 Å². The predicted molar refractivity (Wildman–Crippen MR) is 81.9 cm³/mol. The molecule has 1 heterocycles. The minimum Gasteiger partial charge on any atom is -0.353 e. The van der Waals surface area contributed by atoms with Crippen LogP contribution in [-0.4, -0.2) is 16.9 Å². The maximum Gasteiger partial charge on any atom is 0.225 e. The summed E-state index contributed by atoms with van der Waals surface area (Å²) in [5, 5.41) is 4.04. The van der Waals surface area contributed by atoms with Gasteiger partial charge in [0.15, 0.2) is 0 Å². The number of amides is 1. The third-order valence-electron chi connectivity index (χ3n) is 3.53. The number of carbonyl (C=O) groups excluding carboxylic acids is 1. The highest BCUT2D eigenvalue weighted by atomic mass is 32.1. The second-order valence-electron chi connectivity index (χ2n) is 5.36. The second-order valence-corrected chi connectivity index (χ2v) is 6.44. The fourth-order valence-electron chi connectivity index (χ4n) is 2.17. The van der Waals surface area contributed by atoms with Crippen LogP contribution in [0.4, 0.5) is 0 Å². The van der Waals surface area contributed by atoms with Crippen LogP contribution in [0.2, 0.25) is 0 Å². The largest absolute Gasteiger partial charge is 0.353 e. The molecule has 0 saturated heterocycles. The number of nitrogens with zero attached hydrogens (tertiary/aromatic N) is 1. The highest BCUT2D eigenvalue weighted by Gasteiger charge is 2.24. The van der Waals surface area contributed by atoms with Gasteiger partial charge in [0.1, 0.15) is 5.01 Å². The molecule has 1 aliphatic carbocycles. The van der Waals surface area contributed by atoms with Crippen LogP contribution in [0.3, 0.4) is 0 Å². The number of aromatic nitrogens is 1. The average Bonchev–Trinajstić information content (AvgIpc) is 3.14. The zero-order valence-corrected chi connectivity index (χ0v) is 12.6. The Hall–Kier alpha value is -1.68. The van der Waals surface area contributed by atoms with Crippen molar-refractivity contribution < 1.29 is 4.79 Å².